The quantitative estimate of drug-likeness (QED) is 0.779. The topological polar surface area (TPSA) is 55.2 Å². The molecule has 1 saturated heterocycles. The van der Waals surface area contributed by atoms with Crippen LogP contribution in [-0.4, -0.2) is 33.4 Å². The lowest BCUT2D eigenvalue weighted by molar-refractivity contribution is -0.134. The number of halogens is 1. The summed E-state index contributed by atoms with van der Waals surface area (Å²) in [6, 6.07) is 0.698. The number of hydrogen-bond acceptors (Lipinski definition) is 3. The van der Waals surface area contributed by atoms with Crippen LogP contribution in [0.15, 0.2) is 17.2 Å². The molecule has 1 aromatic heterocycles. The van der Waals surface area contributed by atoms with Crippen LogP contribution < -0.4 is 5.56 Å². The van der Waals surface area contributed by atoms with Gasteiger partial charge < -0.3 is 4.90 Å². The van der Waals surface area contributed by atoms with Crippen LogP contribution in [-0.2, 0) is 4.79 Å². The van der Waals surface area contributed by atoms with Crippen molar-refractivity contribution in [1.29, 1.82) is 0 Å². The first-order valence-corrected chi connectivity index (χ1v) is 7.00. The Balaban J connectivity index is 2.15. The van der Waals surface area contributed by atoms with Crippen molar-refractivity contribution < 1.29 is 4.79 Å². The SMILES string of the molecule is CC(C(=O)N1CCCCCC1)n1cnc(Cl)cc1=O. The molecule has 19 heavy (non-hydrogen) atoms. The smallest absolute Gasteiger partial charge is 0.255 e. The van der Waals surface area contributed by atoms with E-state index in [1.165, 1.54) is 29.8 Å². The Kier molecular flexibility index (Phi) is 4.58. The van der Waals surface area contributed by atoms with Gasteiger partial charge in [0.15, 0.2) is 0 Å². The molecule has 5 nitrogen and oxygen atoms in total. The number of likely N-dealkylation sites (tertiary alicyclic amines) is 1. The Morgan fingerprint density at radius 1 is 1.32 bits per heavy atom. The fourth-order valence-corrected chi connectivity index (χ4v) is 2.49. The third kappa shape index (κ3) is 3.35. The second-order valence-corrected chi connectivity index (χ2v) is 5.26. The standard InChI is InChI=1S/C13H18ClN3O2/c1-10(17-9-15-11(14)8-12(17)18)13(19)16-6-4-2-3-5-7-16/h8-10H,2-7H2,1H3. The average molecular weight is 284 g/mol. The molecule has 2 heterocycles. The summed E-state index contributed by atoms with van der Waals surface area (Å²) in [7, 11) is 0. The van der Waals surface area contributed by atoms with E-state index in [4.69, 9.17) is 11.6 Å². The summed E-state index contributed by atoms with van der Waals surface area (Å²) in [4.78, 5) is 29.9. The molecular formula is C13H18ClN3O2. The lowest BCUT2D eigenvalue weighted by atomic mass is 10.2. The maximum absolute atomic E-state index is 12.4. The van der Waals surface area contributed by atoms with Crippen molar-refractivity contribution in [3.63, 3.8) is 0 Å². The van der Waals surface area contributed by atoms with Gasteiger partial charge in [0, 0.05) is 19.2 Å². The van der Waals surface area contributed by atoms with Gasteiger partial charge in [0.05, 0.1) is 6.33 Å². The third-order valence-corrected chi connectivity index (χ3v) is 3.70. The monoisotopic (exact) mass is 283 g/mol. The van der Waals surface area contributed by atoms with Gasteiger partial charge in [-0.15, -0.1) is 0 Å². The molecule has 104 valence electrons. The van der Waals surface area contributed by atoms with E-state index in [1.807, 2.05) is 4.90 Å². The molecule has 1 aliphatic heterocycles. The van der Waals surface area contributed by atoms with Crippen LogP contribution in [0.3, 0.4) is 0 Å². The first-order valence-electron chi connectivity index (χ1n) is 6.62. The van der Waals surface area contributed by atoms with Gasteiger partial charge in [-0.05, 0) is 19.8 Å². The van der Waals surface area contributed by atoms with Crippen LogP contribution in [0.4, 0.5) is 0 Å². The molecule has 1 aliphatic rings. The molecule has 0 spiro atoms. The molecule has 0 aliphatic carbocycles. The number of nitrogens with zero attached hydrogens (tertiary/aromatic N) is 3. The summed E-state index contributed by atoms with van der Waals surface area (Å²) in [6.07, 6.45) is 5.74. The first kappa shape index (κ1) is 14.1. The molecule has 0 radical (unpaired) electrons. The fourth-order valence-electron chi connectivity index (χ4n) is 2.35. The number of hydrogen-bond donors (Lipinski definition) is 0. The van der Waals surface area contributed by atoms with Crippen molar-refractivity contribution in [2.24, 2.45) is 0 Å². The molecule has 2 rings (SSSR count). The van der Waals surface area contributed by atoms with Crippen molar-refractivity contribution in [2.45, 2.75) is 38.6 Å². The van der Waals surface area contributed by atoms with Crippen LogP contribution in [0.5, 0.6) is 0 Å². The van der Waals surface area contributed by atoms with Gasteiger partial charge in [-0.1, -0.05) is 24.4 Å². The van der Waals surface area contributed by atoms with E-state index in [1.54, 1.807) is 6.92 Å². The largest absolute Gasteiger partial charge is 0.341 e. The van der Waals surface area contributed by atoms with E-state index in [0.29, 0.717) is 0 Å². The Hall–Kier alpha value is -1.36. The highest BCUT2D eigenvalue weighted by molar-refractivity contribution is 6.29. The fraction of sp³-hybridized carbons (Fsp3) is 0.615. The van der Waals surface area contributed by atoms with E-state index in [2.05, 4.69) is 4.98 Å². The minimum Gasteiger partial charge on any atom is -0.341 e. The summed E-state index contributed by atoms with van der Waals surface area (Å²) in [5, 5.41) is 0.149. The lowest BCUT2D eigenvalue weighted by Crippen LogP contribution is -2.39. The zero-order valence-corrected chi connectivity index (χ0v) is 11.8. The highest BCUT2D eigenvalue weighted by Gasteiger charge is 2.23. The van der Waals surface area contributed by atoms with Crippen molar-refractivity contribution in [3.05, 3.63) is 27.9 Å². The Morgan fingerprint density at radius 3 is 2.53 bits per heavy atom. The molecule has 0 saturated carbocycles. The molecule has 0 aromatic carbocycles. The highest BCUT2D eigenvalue weighted by atomic mass is 35.5. The second kappa shape index (κ2) is 6.19. The molecule has 0 N–H and O–H groups in total. The minimum absolute atomic E-state index is 0.0203. The number of amides is 1. The molecule has 1 unspecified atom stereocenters. The predicted octanol–water partition coefficient (Wildman–Crippen LogP) is 1.86. The predicted molar refractivity (Wildman–Crippen MR) is 73.3 cm³/mol. The number of aromatic nitrogens is 2. The van der Waals surface area contributed by atoms with Gasteiger partial charge in [0.25, 0.3) is 5.56 Å². The van der Waals surface area contributed by atoms with Gasteiger partial charge >= 0.3 is 0 Å². The Bertz CT molecular complexity index is 507. The van der Waals surface area contributed by atoms with Crippen molar-refractivity contribution in [1.82, 2.24) is 14.5 Å². The zero-order chi connectivity index (χ0) is 13.8. The summed E-state index contributed by atoms with van der Waals surface area (Å²) < 4.78 is 1.33. The number of carbonyl (C=O) groups excluding carboxylic acids is 1. The van der Waals surface area contributed by atoms with E-state index in [9.17, 15) is 9.59 Å². The van der Waals surface area contributed by atoms with Gasteiger partial charge in [0.1, 0.15) is 11.2 Å². The maximum Gasteiger partial charge on any atom is 0.255 e. The molecule has 1 fully saturated rings. The van der Waals surface area contributed by atoms with E-state index >= 15 is 0 Å². The summed E-state index contributed by atoms with van der Waals surface area (Å²) in [5.41, 5.74) is -0.296. The van der Waals surface area contributed by atoms with Crippen LogP contribution in [0.25, 0.3) is 0 Å². The summed E-state index contributed by atoms with van der Waals surface area (Å²) >= 11 is 5.65. The molecular weight excluding hydrogens is 266 g/mol. The lowest BCUT2D eigenvalue weighted by Gasteiger charge is -2.24. The minimum atomic E-state index is -0.532. The van der Waals surface area contributed by atoms with Crippen LogP contribution in [0, 0.1) is 0 Å². The molecule has 6 heteroatoms. The van der Waals surface area contributed by atoms with E-state index < -0.39 is 6.04 Å². The highest BCUT2D eigenvalue weighted by Crippen LogP contribution is 2.14. The Morgan fingerprint density at radius 2 is 1.95 bits per heavy atom. The van der Waals surface area contributed by atoms with Crippen LogP contribution in [0.2, 0.25) is 5.15 Å². The van der Waals surface area contributed by atoms with Gasteiger partial charge in [-0.2, -0.15) is 0 Å². The van der Waals surface area contributed by atoms with Crippen molar-refractivity contribution >= 4 is 17.5 Å². The second-order valence-electron chi connectivity index (χ2n) is 4.87. The number of carbonyl (C=O) groups is 1. The molecule has 1 atom stereocenters. The van der Waals surface area contributed by atoms with Gasteiger partial charge in [-0.3, -0.25) is 14.2 Å². The molecule has 1 amide bonds. The molecule has 0 bridgehead atoms. The maximum atomic E-state index is 12.4. The zero-order valence-electron chi connectivity index (χ0n) is 11.0. The van der Waals surface area contributed by atoms with Crippen LogP contribution in [0.1, 0.15) is 38.6 Å². The van der Waals surface area contributed by atoms with Gasteiger partial charge in [0.2, 0.25) is 5.91 Å². The van der Waals surface area contributed by atoms with Crippen molar-refractivity contribution in [3.8, 4) is 0 Å². The normalized spacial score (nSPS) is 17.9. The van der Waals surface area contributed by atoms with Gasteiger partial charge in [-0.25, -0.2) is 4.98 Å². The molecule has 1 aromatic rings. The van der Waals surface area contributed by atoms with Crippen molar-refractivity contribution in [2.75, 3.05) is 13.1 Å². The summed E-state index contributed by atoms with van der Waals surface area (Å²) in [6.45, 7) is 3.28. The average Bonchev–Trinajstić information content (AvgIpc) is 2.66. The third-order valence-electron chi connectivity index (χ3n) is 3.49. The summed E-state index contributed by atoms with van der Waals surface area (Å²) in [5.74, 6) is -0.0203. The van der Waals surface area contributed by atoms with E-state index in [0.717, 1.165) is 25.9 Å². The van der Waals surface area contributed by atoms with Crippen LogP contribution >= 0.6 is 11.6 Å². The number of rotatable bonds is 2. The first-order chi connectivity index (χ1) is 9.09. The Labute approximate surface area is 117 Å². The van der Waals surface area contributed by atoms with E-state index in [-0.39, 0.29) is 16.6 Å².